The molecule has 0 aliphatic carbocycles. The van der Waals surface area contributed by atoms with Gasteiger partial charge in [-0.05, 0) is 93.2 Å². The second-order valence-electron chi connectivity index (χ2n) is 15.0. The van der Waals surface area contributed by atoms with Crippen molar-refractivity contribution in [2.24, 2.45) is 0 Å². The lowest BCUT2D eigenvalue weighted by atomic mass is 9.95. The van der Waals surface area contributed by atoms with Gasteiger partial charge in [0, 0.05) is 44.3 Å². The standard InChI is InChI=1S/C56H37N3/c1-4-12-38(13-5-1)40-22-29-47(30-23-40)59(48-31-24-41(25-32-48)39-14-6-2-7-15-39)49-33-26-44-36-46(21-20-45(44)37-49)52-35-28-43-27-34-51-54(42-16-8-3-9-17-42)50-18-10-11-19-53(50)58-56(51)55(43)57-52/h1-37H. The van der Waals surface area contributed by atoms with Crippen molar-refractivity contribution in [3.8, 4) is 44.6 Å². The molecule has 0 fully saturated rings. The van der Waals surface area contributed by atoms with E-state index in [1.54, 1.807) is 0 Å². The molecular weight excluding hydrogens is 715 g/mol. The van der Waals surface area contributed by atoms with Crippen LogP contribution in [-0.4, -0.2) is 9.97 Å². The molecule has 0 spiro atoms. The predicted octanol–water partition coefficient (Wildman–Crippen LogP) is 15.2. The Kier molecular flexibility index (Phi) is 8.49. The minimum Gasteiger partial charge on any atom is -0.310 e. The van der Waals surface area contributed by atoms with Crippen LogP contribution in [0.3, 0.4) is 0 Å². The maximum atomic E-state index is 5.33. The Labute approximate surface area is 343 Å². The fourth-order valence-electron chi connectivity index (χ4n) is 8.46. The summed E-state index contributed by atoms with van der Waals surface area (Å²) in [4.78, 5) is 12.9. The minimum atomic E-state index is 0.908. The Balaban J connectivity index is 0.991. The third-order valence-electron chi connectivity index (χ3n) is 11.4. The molecule has 0 N–H and O–H groups in total. The number of aromatic nitrogens is 2. The van der Waals surface area contributed by atoms with Gasteiger partial charge in [0.15, 0.2) is 0 Å². The molecule has 0 saturated carbocycles. The van der Waals surface area contributed by atoms with Crippen molar-refractivity contribution in [2.75, 3.05) is 4.90 Å². The first-order chi connectivity index (χ1) is 29.2. The number of hydrogen-bond donors (Lipinski definition) is 0. The highest BCUT2D eigenvalue weighted by atomic mass is 15.1. The summed E-state index contributed by atoms with van der Waals surface area (Å²) < 4.78 is 0. The van der Waals surface area contributed by atoms with Crippen LogP contribution in [0.5, 0.6) is 0 Å². The van der Waals surface area contributed by atoms with Gasteiger partial charge in [0.1, 0.15) is 0 Å². The van der Waals surface area contributed by atoms with E-state index in [0.29, 0.717) is 0 Å². The third kappa shape index (κ3) is 6.36. The van der Waals surface area contributed by atoms with Crippen LogP contribution in [0.2, 0.25) is 0 Å². The summed E-state index contributed by atoms with van der Waals surface area (Å²) in [6.45, 7) is 0. The van der Waals surface area contributed by atoms with Gasteiger partial charge in [0.25, 0.3) is 0 Å². The van der Waals surface area contributed by atoms with E-state index in [-0.39, 0.29) is 0 Å². The topological polar surface area (TPSA) is 29.0 Å². The summed E-state index contributed by atoms with van der Waals surface area (Å²) in [5.41, 5.74) is 15.2. The van der Waals surface area contributed by atoms with Gasteiger partial charge >= 0.3 is 0 Å². The molecule has 0 amide bonds. The van der Waals surface area contributed by atoms with E-state index in [1.165, 1.54) is 33.4 Å². The van der Waals surface area contributed by atoms with Crippen LogP contribution in [0.4, 0.5) is 17.1 Å². The Morgan fingerprint density at radius 1 is 0.288 bits per heavy atom. The molecule has 276 valence electrons. The summed E-state index contributed by atoms with van der Waals surface area (Å²) in [6.07, 6.45) is 0. The van der Waals surface area contributed by atoms with E-state index < -0.39 is 0 Å². The van der Waals surface area contributed by atoms with Crippen molar-refractivity contribution < 1.29 is 0 Å². The fraction of sp³-hybridized carbons (Fsp3) is 0. The monoisotopic (exact) mass is 751 g/mol. The molecule has 3 nitrogen and oxygen atoms in total. The Hall–Kier alpha value is -7.88. The third-order valence-corrected chi connectivity index (χ3v) is 11.4. The van der Waals surface area contributed by atoms with Gasteiger partial charge in [0.05, 0.1) is 22.2 Å². The number of fused-ring (bicyclic) bond motifs is 5. The smallest absolute Gasteiger partial charge is 0.0978 e. The Bertz CT molecular complexity index is 3210. The number of rotatable bonds is 7. The first-order valence-electron chi connectivity index (χ1n) is 20.1. The van der Waals surface area contributed by atoms with E-state index in [2.05, 4.69) is 229 Å². The molecule has 3 heteroatoms. The molecule has 0 radical (unpaired) electrons. The lowest BCUT2D eigenvalue weighted by molar-refractivity contribution is 1.29. The number of pyridine rings is 2. The summed E-state index contributed by atoms with van der Waals surface area (Å²) in [5.74, 6) is 0. The van der Waals surface area contributed by atoms with Crippen molar-refractivity contribution in [3.05, 3.63) is 224 Å². The van der Waals surface area contributed by atoms with E-state index in [9.17, 15) is 0 Å². The zero-order valence-electron chi connectivity index (χ0n) is 32.2. The highest BCUT2D eigenvalue weighted by Crippen LogP contribution is 2.40. The molecule has 11 aromatic rings. The summed E-state index contributed by atoms with van der Waals surface area (Å²) in [5, 5.41) is 5.63. The number of anilines is 3. The van der Waals surface area contributed by atoms with Crippen molar-refractivity contribution >= 4 is 60.5 Å². The quantitative estimate of drug-likeness (QED) is 0.120. The highest BCUT2D eigenvalue weighted by molar-refractivity contribution is 6.16. The van der Waals surface area contributed by atoms with Crippen LogP contribution < -0.4 is 4.90 Å². The normalized spacial score (nSPS) is 11.4. The zero-order chi connectivity index (χ0) is 39.1. The van der Waals surface area contributed by atoms with Gasteiger partial charge in [-0.2, -0.15) is 0 Å². The second-order valence-corrected chi connectivity index (χ2v) is 15.0. The summed E-state index contributed by atoms with van der Waals surface area (Å²) in [7, 11) is 0. The first-order valence-corrected chi connectivity index (χ1v) is 20.1. The average molecular weight is 752 g/mol. The fourth-order valence-corrected chi connectivity index (χ4v) is 8.46. The van der Waals surface area contributed by atoms with Crippen molar-refractivity contribution in [3.63, 3.8) is 0 Å². The largest absolute Gasteiger partial charge is 0.310 e. The molecule has 11 rings (SSSR count). The van der Waals surface area contributed by atoms with Crippen LogP contribution in [0.25, 0.3) is 88.1 Å². The number of nitrogens with zero attached hydrogens (tertiary/aromatic N) is 3. The Morgan fingerprint density at radius 2 is 0.780 bits per heavy atom. The van der Waals surface area contributed by atoms with Crippen molar-refractivity contribution in [2.45, 2.75) is 0 Å². The van der Waals surface area contributed by atoms with Crippen molar-refractivity contribution in [1.82, 2.24) is 9.97 Å². The molecule has 59 heavy (non-hydrogen) atoms. The van der Waals surface area contributed by atoms with Gasteiger partial charge in [-0.1, -0.05) is 170 Å². The van der Waals surface area contributed by atoms with Gasteiger partial charge in [-0.3, -0.25) is 0 Å². The molecule has 0 unspecified atom stereocenters. The molecule has 0 aliphatic rings. The van der Waals surface area contributed by atoms with Crippen LogP contribution >= 0.6 is 0 Å². The average Bonchev–Trinajstić information content (AvgIpc) is 3.32. The molecule has 0 aliphatic heterocycles. The predicted molar refractivity (Wildman–Crippen MR) is 248 cm³/mol. The molecule has 9 aromatic carbocycles. The van der Waals surface area contributed by atoms with E-state index in [1.807, 2.05) is 0 Å². The maximum absolute atomic E-state index is 5.33. The zero-order valence-corrected chi connectivity index (χ0v) is 32.2. The van der Waals surface area contributed by atoms with E-state index in [4.69, 9.17) is 9.97 Å². The van der Waals surface area contributed by atoms with Crippen LogP contribution in [0.15, 0.2) is 224 Å². The minimum absolute atomic E-state index is 0.908. The summed E-state index contributed by atoms with van der Waals surface area (Å²) in [6, 6.07) is 79.9. The molecule has 0 saturated heterocycles. The highest BCUT2D eigenvalue weighted by Gasteiger charge is 2.17. The number of hydrogen-bond acceptors (Lipinski definition) is 3. The number of para-hydroxylation sites is 1. The van der Waals surface area contributed by atoms with Crippen LogP contribution in [0, 0.1) is 0 Å². The van der Waals surface area contributed by atoms with E-state index >= 15 is 0 Å². The Morgan fingerprint density at radius 3 is 1.44 bits per heavy atom. The molecule has 0 atom stereocenters. The van der Waals surface area contributed by atoms with Gasteiger partial charge in [0.2, 0.25) is 0 Å². The maximum Gasteiger partial charge on any atom is 0.0978 e. The first kappa shape index (κ1) is 34.4. The molecular formula is C56H37N3. The lowest BCUT2D eigenvalue weighted by Crippen LogP contribution is -2.09. The summed E-state index contributed by atoms with van der Waals surface area (Å²) >= 11 is 0. The SMILES string of the molecule is c1ccc(-c2ccc(N(c3ccc(-c4ccccc4)cc3)c3ccc4cc(-c5ccc6ccc7c(-c8ccccc8)c8ccccc8nc7c6n5)ccc4c3)cc2)cc1. The van der Waals surface area contributed by atoms with Gasteiger partial charge in [-0.15, -0.1) is 0 Å². The van der Waals surface area contributed by atoms with Crippen LogP contribution in [-0.2, 0) is 0 Å². The second kappa shape index (κ2) is 14.6. The van der Waals surface area contributed by atoms with E-state index in [0.717, 1.165) is 71.8 Å². The molecule has 2 aromatic heterocycles. The van der Waals surface area contributed by atoms with Gasteiger partial charge in [-0.25, -0.2) is 9.97 Å². The lowest BCUT2D eigenvalue weighted by Gasteiger charge is -2.26. The van der Waals surface area contributed by atoms with Crippen LogP contribution in [0.1, 0.15) is 0 Å². The molecule has 2 heterocycles. The molecule has 0 bridgehead atoms. The number of benzene rings is 9. The van der Waals surface area contributed by atoms with Crippen molar-refractivity contribution in [1.29, 1.82) is 0 Å². The van der Waals surface area contributed by atoms with Gasteiger partial charge < -0.3 is 4.90 Å².